The van der Waals surface area contributed by atoms with Crippen LogP contribution in [0.15, 0.2) is 24.3 Å². The number of amides is 1. The Balaban J connectivity index is 2.41. The van der Waals surface area contributed by atoms with Gasteiger partial charge in [0.1, 0.15) is 0 Å². The highest BCUT2D eigenvalue weighted by Crippen LogP contribution is 2.09. The molecule has 0 spiro atoms. The molecule has 1 aromatic carbocycles. The lowest BCUT2D eigenvalue weighted by atomic mass is 10.0. The summed E-state index contributed by atoms with van der Waals surface area (Å²) in [5.41, 5.74) is 2.64. The van der Waals surface area contributed by atoms with Crippen molar-refractivity contribution in [2.75, 3.05) is 20.6 Å². The summed E-state index contributed by atoms with van der Waals surface area (Å²) in [6.45, 7) is 5.10. The lowest BCUT2D eigenvalue weighted by molar-refractivity contribution is -0.120. The van der Waals surface area contributed by atoms with Gasteiger partial charge < -0.3 is 10.2 Å². The number of hydrogen-bond acceptors (Lipinski definition) is 2. The summed E-state index contributed by atoms with van der Waals surface area (Å²) >= 11 is 0. The number of likely N-dealkylation sites (N-methyl/N-ethyl adjacent to an activating group) is 1. The third-order valence-electron chi connectivity index (χ3n) is 3.37. The molecular weight excluding hydrogens is 224 g/mol. The van der Waals surface area contributed by atoms with E-state index in [0.717, 1.165) is 13.0 Å². The average molecular weight is 248 g/mol. The zero-order valence-corrected chi connectivity index (χ0v) is 11.9. The fraction of sp³-hybridized carbons (Fsp3) is 0.533. The van der Waals surface area contributed by atoms with Crippen LogP contribution in [0.2, 0.25) is 0 Å². The first-order chi connectivity index (χ1) is 8.52. The summed E-state index contributed by atoms with van der Waals surface area (Å²) in [5, 5.41) is 2.65. The molecule has 0 saturated carbocycles. The Hall–Kier alpha value is -1.35. The van der Waals surface area contributed by atoms with Gasteiger partial charge in [-0.15, -0.1) is 0 Å². The molecule has 18 heavy (non-hydrogen) atoms. The molecule has 1 aromatic rings. The Labute approximate surface area is 110 Å². The van der Waals surface area contributed by atoms with Crippen LogP contribution in [-0.4, -0.2) is 37.5 Å². The maximum atomic E-state index is 11.2. The molecule has 0 aromatic heterocycles. The van der Waals surface area contributed by atoms with E-state index < -0.39 is 0 Å². The van der Waals surface area contributed by atoms with Crippen molar-refractivity contribution in [3.8, 4) is 0 Å². The van der Waals surface area contributed by atoms with Crippen LogP contribution >= 0.6 is 0 Å². The summed E-state index contributed by atoms with van der Waals surface area (Å²) in [4.78, 5) is 13.4. The third-order valence-corrected chi connectivity index (χ3v) is 3.37. The minimum atomic E-state index is 0.101. The zero-order valence-electron chi connectivity index (χ0n) is 11.9. The zero-order chi connectivity index (χ0) is 13.5. The number of rotatable bonds is 6. The molecule has 0 aliphatic rings. The van der Waals surface area contributed by atoms with E-state index >= 15 is 0 Å². The highest BCUT2D eigenvalue weighted by atomic mass is 16.1. The summed E-state index contributed by atoms with van der Waals surface area (Å²) in [5.74, 6) is 0.101. The largest absolute Gasteiger partial charge is 0.359 e. The predicted molar refractivity (Wildman–Crippen MR) is 75.7 cm³/mol. The van der Waals surface area contributed by atoms with Gasteiger partial charge in [-0.05, 0) is 32.9 Å². The minimum Gasteiger partial charge on any atom is -0.359 e. The van der Waals surface area contributed by atoms with Gasteiger partial charge in [-0.2, -0.15) is 0 Å². The van der Waals surface area contributed by atoms with Crippen molar-refractivity contribution in [3.05, 3.63) is 35.4 Å². The Morgan fingerprint density at radius 3 is 2.50 bits per heavy atom. The summed E-state index contributed by atoms with van der Waals surface area (Å²) < 4.78 is 0. The molecule has 0 saturated heterocycles. The number of carbonyl (C=O) groups is 1. The molecular formula is C15H24N2O. The van der Waals surface area contributed by atoms with E-state index in [1.165, 1.54) is 11.1 Å². The number of aryl methyl sites for hydroxylation is 1. The van der Waals surface area contributed by atoms with Crippen LogP contribution in [0.4, 0.5) is 0 Å². The van der Waals surface area contributed by atoms with E-state index in [9.17, 15) is 4.79 Å². The van der Waals surface area contributed by atoms with Crippen molar-refractivity contribution in [2.45, 2.75) is 32.7 Å². The molecule has 0 unspecified atom stereocenters. The molecule has 0 aliphatic heterocycles. The molecule has 1 rings (SSSR count). The van der Waals surface area contributed by atoms with Gasteiger partial charge in [0, 0.05) is 26.1 Å². The van der Waals surface area contributed by atoms with Crippen LogP contribution in [0, 0.1) is 6.92 Å². The first-order valence-electron chi connectivity index (χ1n) is 6.49. The van der Waals surface area contributed by atoms with Gasteiger partial charge in [-0.3, -0.25) is 4.79 Å². The van der Waals surface area contributed by atoms with Gasteiger partial charge in [0.15, 0.2) is 0 Å². The van der Waals surface area contributed by atoms with Gasteiger partial charge in [0.25, 0.3) is 0 Å². The molecule has 0 radical (unpaired) electrons. The van der Waals surface area contributed by atoms with Crippen LogP contribution in [-0.2, 0) is 11.2 Å². The molecule has 0 heterocycles. The van der Waals surface area contributed by atoms with Crippen LogP contribution < -0.4 is 5.32 Å². The van der Waals surface area contributed by atoms with Crippen LogP contribution in [0.5, 0.6) is 0 Å². The van der Waals surface area contributed by atoms with Crippen LogP contribution in [0.3, 0.4) is 0 Å². The van der Waals surface area contributed by atoms with Crippen molar-refractivity contribution >= 4 is 5.91 Å². The summed E-state index contributed by atoms with van der Waals surface area (Å²) in [7, 11) is 3.75. The highest BCUT2D eigenvalue weighted by molar-refractivity contribution is 5.75. The minimum absolute atomic E-state index is 0.101. The monoisotopic (exact) mass is 248 g/mol. The SMILES string of the molecule is CNC(=O)CCN(C)[C@@H](C)Cc1ccc(C)cc1. The molecule has 0 fully saturated rings. The summed E-state index contributed by atoms with van der Waals surface area (Å²) in [6.07, 6.45) is 1.58. The lowest BCUT2D eigenvalue weighted by Crippen LogP contribution is -2.34. The topological polar surface area (TPSA) is 32.3 Å². The molecule has 0 bridgehead atoms. The molecule has 1 atom stereocenters. The van der Waals surface area contributed by atoms with E-state index in [2.05, 4.69) is 55.4 Å². The fourth-order valence-electron chi connectivity index (χ4n) is 1.84. The second-order valence-corrected chi connectivity index (χ2v) is 4.94. The first-order valence-corrected chi connectivity index (χ1v) is 6.49. The smallest absolute Gasteiger partial charge is 0.221 e. The van der Waals surface area contributed by atoms with E-state index in [1.54, 1.807) is 7.05 Å². The third kappa shape index (κ3) is 4.88. The molecule has 100 valence electrons. The Bertz CT molecular complexity index is 373. The highest BCUT2D eigenvalue weighted by Gasteiger charge is 2.11. The lowest BCUT2D eigenvalue weighted by Gasteiger charge is -2.24. The van der Waals surface area contributed by atoms with Crippen LogP contribution in [0.25, 0.3) is 0 Å². The average Bonchev–Trinajstić information content (AvgIpc) is 2.38. The van der Waals surface area contributed by atoms with E-state index in [1.807, 2.05) is 0 Å². The molecule has 3 heteroatoms. The molecule has 1 amide bonds. The first kappa shape index (κ1) is 14.7. The molecule has 0 aliphatic carbocycles. The van der Waals surface area contributed by atoms with E-state index in [4.69, 9.17) is 0 Å². The molecule has 1 N–H and O–H groups in total. The van der Waals surface area contributed by atoms with Crippen molar-refractivity contribution in [1.29, 1.82) is 0 Å². The standard InChI is InChI=1S/C15H24N2O/c1-12-5-7-14(8-6-12)11-13(2)17(4)10-9-15(18)16-3/h5-8,13H,9-11H2,1-4H3,(H,16,18)/t13-/m0/s1. The van der Waals surface area contributed by atoms with Gasteiger partial charge >= 0.3 is 0 Å². The van der Waals surface area contributed by atoms with Crippen LogP contribution in [0.1, 0.15) is 24.5 Å². The van der Waals surface area contributed by atoms with E-state index in [0.29, 0.717) is 12.5 Å². The van der Waals surface area contributed by atoms with Crippen molar-refractivity contribution in [2.24, 2.45) is 0 Å². The Kier molecular flexibility index (Phi) is 5.86. The number of nitrogens with one attached hydrogen (secondary N) is 1. The normalized spacial score (nSPS) is 12.5. The number of carbonyl (C=O) groups excluding carboxylic acids is 1. The second kappa shape index (κ2) is 7.17. The maximum absolute atomic E-state index is 11.2. The van der Waals surface area contributed by atoms with Crippen molar-refractivity contribution in [3.63, 3.8) is 0 Å². The van der Waals surface area contributed by atoms with E-state index in [-0.39, 0.29) is 5.91 Å². The predicted octanol–water partition coefficient (Wildman–Crippen LogP) is 1.99. The van der Waals surface area contributed by atoms with Gasteiger partial charge in [-0.1, -0.05) is 29.8 Å². The number of nitrogens with zero attached hydrogens (tertiary/aromatic N) is 1. The number of benzene rings is 1. The quantitative estimate of drug-likeness (QED) is 0.835. The molecule has 3 nitrogen and oxygen atoms in total. The van der Waals surface area contributed by atoms with Crippen molar-refractivity contribution < 1.29 is 4.79 Å². The summed E-state index contributed by atoms with van der Waals surface area (Å²) in [6, 6.07) is 9.09. The number of hydrogen-bond donors (Lipinski definition) is 1. The fourth-order valence-corrected chi connectivity index (χ4v) is 1.84. The Morgan fingerprint density at radius 1 is 1.33 bits per heavy atom. The van der Waals surface area contributed by atoms with Crippen molar-refractivity contribution in [1.82, 2.24) is 10.2 Å². The maximum Gasteiger partial charge on any atom is 0.221 e. The Morgan fingerprint density at radius 2 is 1.94 bits per heavy atom. The van der Waals surface area contributed by atoms with Gasteiger partial charge in [0.2, 0.25) is 5.91 Å². The van der Waals surface area contributed by atoms with Gasteiger partial charge in [0.05, 0.1) is 0 Å². The van der Waals surface area contributed by atoms with Gasteiger partial charge in [-0.25, -0.2) is 0 Å². The second-order valence-electron chi connectivity index (χ2n) is 4.94.